The summed E-state index contributed by atoms with van der Waals surface area (Å²) in [5.41, 5.74) is 2.39. The molecule has 1 aliphatic rings. The summed E-state index contributed by atoms with van der Waals surface area (Å²) in [6.07, 6.45) is 5.02. The number of para-hydroxylation sites is 1. The highest BCUT2D eigenvalue weighted by Gasteiger charge is 2.27. The molecule has 0 spiro atoms. The van der Waals surface area contributed by atoms with Gasteiger partial charge < -0.3 is 20.9 Å². The largest absolute Gasteiger partial charge is 0.349 e. The van der Waals surface area contributed by atoms with Crippen molar-refractivity contribution in [2.45, 2.75) is 25.8 Å². The van der Waals surface area contributed by atoms with E-state index in [4.69, 9.17) is 0 Å². The molecule has 0 saturated carbocycles. The topological polar surface area (TPSA) is 99.2 Å². The van der Waals surface area contributed by atoms with Gasteiger partial charge in [0.2, 0.25) is 11.9 Å². The van der Waals surface area contributed by atoms with Crippen LogP contribution in [0, 0.1) is 5.92 Å². The molecule has 33 heavy (non-hydrogen) atoms. The van der Waals surface area contributed by atoms with E-state index >= 15 is 0 Å². The lowest BCUT2D eigenvalue weighted by Crippen LogP contribution is -2.41. The molecule has 4 rings (SSSR count). The van der Waals surface area contributed by atoms with Crippen LogP contribution in [0.3, 0.4) is 0 Å². The molecule has 1 aliphatic heterocycles. The summed E-state index contributed by atoms with van der Waals surface area (Å²) in [5, 5.41) is 8.72. The lowest BCUT2D eigenvalue weighted by molar-refractivity contribution is -0.126. The first kappa shape index (κ1) is 22.3. The van der Waals surface area contributed by atoms with Gasteiger partial charge in [-0.05, 0) is 55.7 Å². The molecule has 8 heteroatoms. The summed E-state index contributed by atoms with van der Waals surface area (Å²) in [4.78, 5) is 35.6. The van der Waals surface area contributed by atoms with Crippen molar-refractivity contribution in [3.8, 4) is 0 Å². The van der Waals surface area contributed by atoms with Gasteiger partial charge in [0, 0.05) is 42.8 Å². The number of hydrogen-bond donors (Lipinski definition) is 3. The maximum absolute atomic E-state index is 12.8. The number of hydrogen-bond acceptors (Lipinski definition) is 5. The molecule has 2 aromatic carbocycles. The summed E-state index contributed by atoms with van der Waals surface area (Å²) in [7, 11) is 0. The van der Waals surface area contributed by atoms with Crippen LogP contribution in [0.2, 0.25) is 0 Å². The first-order valence-corrected chi connectivity index (χ1v) is 11.1. The van der Waals surface area contributed by atoms with Gasteiger partial charge in [-0.15, -0.1) is 0 Å². The minimum atomic E-state index is -0.303. The standard InChI is InChI=1S/C25H28N6O2/c1-18(28-23(32)20-12-16-31(17-13-20)24-26-14-5-15-27-24)19-8-10-22(11-9-19)30-25(33)29-21-6-3-2-4-7-21/h2-11,14-15,18,20H,12-13,16-17H2,1H3,(H,28,32)(H2,29,30,33). The molecular formula is C25H28N6O2. The number of urea groups is 1. The van der Waals surface area contributed by atoms with Crippen LogP contribution in [0.4, 0.5) is 22.1 Å². The van der Waals surface area contributed by atoms with Crippen LogP contribution in [-0.4, -0.2) is 35.0 Å². The van der Waals surface area contributed by atoms with Crippen LogP contribution in [0.25, 0.3) is 0 Å². The second-order valence-corrected chi connectivity index (χ2v) is 8.11. The Kier molecular flexibility index (Phi) is 7.14. The monoisotopic (exact) mass is 444 g/mol. The SMILES string of the molecule is CC(NC(=O)C1CCN(c2ncccn2)CC1)c1ccc(NC(=O)Nc2ccccc2)cc1. The third-order valence-corrected chi connectivity index (χ3v) is 5.76. The molecule has 170 valence electrons. The fourth-order valence-corrected chi connectivity index (χ4v) is 3.88. The number of nitrogens with zero attached hydrogens (tertiary/aromatic N) is 3. The predicted octanol–water partition coefficient (Wildman–Crippen LogP) is 4.21. The van der Waals surface area contributed by atoms with Crippen molar-refractivity contribution in [2.24, 2.45) is 5.92 Å². The molecule has 3 aromatic rings. The van der Waals surface area contributed by atoms with Crippen molar-refractivity contribution in [3.63, 3.8) is 0 Å². The lowest BCUT2D eigenvalue weighted by Gasteiger charge is -2.31. The average Bonchev–Trinajstić information content (AvgIpc) is 2.85. The fraction of sp³-hybridized carbons (Fsp3) is 0.280. The number of nitrogens with one attached hydrogen (secondary N) is 3. The van der Waals surface area contributed by atoms with Crippen LogP contribution < -0.4 is 20.9 Å². The smallest absolute Gasteiger partial charge is 0.323 e. The molecule has 2 heterocycles. The van der Waals surface area contributed by atoms with Crippen molar-refractivity contribution in [2.75, 3.05) is 28.6 Å². The number of carbonyl (C=O) groups is 2. The van der Waals surface area contributed by atoms with Gasteiger partial charge in [-0.2, -0.15) is 0 Å². The van der Waals surface area contributed by atoms with Crippen LogP contribution in [0.1, 0.15) is 31.4 Å². The predicted molar refractivity (Wildman–Crippen MR) is 129 cm³/mol. The molecular weight excluding hydrogens is 416 g/mol. The zero-order chi connectivity index (χ0) is 23.0. The number of amides is 3. The summed E-state index contributed by atoms with van der Waals surface area (Å²) in [5.74, 6) is 0.770. The maximum atomic E-state index is 12.8. The molecule has 1 unspecified atom stereocenters. The maximum Gasteiger partial charge on any atom is 0.323 e. The first-order chi connectivity index (χ1) is 16.1. The molecule has 1 saturated heterocycles. The molecule has 0 radical (unpaired) electrons. The molecule has 1 atom stereocenters. The van der Waals surface area contributed by atoms with Gasteiger partial charge in [-0.1, -0.05) is 30.3 Å². The molecule has 3 amide bonds. The van der Waals surface area contributed by atoms with Crippen molar-refractivity contribution in [1.82, 2.24) is 15.3 Å². The Bertz CT molecular complexity index is 1050. The average molecular weight is 445 g/mol. The van der Waals surface area contributed by atoms with Crippen molar-refractivity contribution in [3.05, 3.63) is 78.6 Å². The lowest BCUT2D eigenvalue weighted by atomic mass is 9.95. The zero-order valence-corrected chi connectivity index (χ0v) is 18.6. The Balaban J connectivity index is 1.25. The van der Waals surface area contributed by atoms with Gasteiger partial charge >= 0.3 is 6.03 Å². The van der Waals surface area contributed by atoms with E-state index in [9.17, 15) is 9.59 Å². The van der Waals surface area contributed by atoms with Gasteiger partial charge in [-0.25, -0.2) is 14.8 Å². The normalized spacial score (nSPS) is 14.9. The van der Waals surface area contributed by atoms with E-state index in [1.54, 1.807) is 18.5 Å². The number of benzene rings is 2. The van der Waals surface area contributed by atoms with E-state index in [2.05, 4.69) is 30.8 Å². The van der Waals surface area contributed by atoms with Crippen molar-refractivity contribution in [1.29, 1.82) is 0 Å². The van der Waals surface area contributed by atoms with Crippen LogP contribution in [0.15, 0.2) is 73.1 Å². The zero-order valence-electron chi connectivity index (χ0n) is 18.6. The minimum absolute atomic E-state index is 0.0185. The molecule has 0 aliphatic carbocycles. The van der Waals surface area contributed by atoms with Gasteiger partial charge in [-0.3, -0.25) is 4.79 Å². The molecule has 1 fully saturated rings. The van der Waals surface area contributed by atoms with Gasteiger partial charge in [0.25, 0.3) is 0 Å². The van der Waals surface area contributed by atoms with E-state index < -0.39 is 0 Å². The Hall–Kier alpha value is -3.94. The van der Waals surface area contributed by atoms with Crippen LogP contribution in [-0.2, 0) is 4.79 Å². The van der Waals surface area contributed by atoms with Gasteiger partial charge in [0.1, 0.15) is 0 Å². The van der Waals surface area contributed by atoms with Gasteiger partial charge in [0.15, 0.2) is 0 Å². The molecule has 8 nitrogen and oxygen atoms in total. The van der Waals surface area contributed by atoms with E-state index in [1.807, 2.05) is 61.5 Å². The Labute approximate surface area is 193 Å². The van der Waals surface area contributed by atoms with E-state index in [1.165, 1.54) is 0 Å². The van der Waals surface area contributed by atoms with Crippen LogP contribution in [0.5, 0.6) is 0 Å². The Morgan fingerprint density at radius 2 is 1.48 bits per heavy atom. The second kappa shape index (κ2) is 10.6. The third-order valence-electron chi connectivity index (χ3n) is 5.76. The first-order valence-electron chi connectivity index (χ1n) is 11.1. The summed E-state index contributed by atoms with van der Waals surface area (Å²) in [6, 6.07) is 18.1. The van der Waals surface area contributed by atoms with Gasteiger partial charge in [0.05, 0.1) is 6.04 Å². The number of piperidine rings is 1. The number of rotatable bonds is 6. The highest BCUT2D eigenvalue weighted by Crippen LogP contribution is 2.22. The molecule has 3 N–H and O–H groups in total. The Morgan fingerprint density at radius 1 is 0.879 bits per heavy atom. The molecule has 0 bridgehead atoms. The van der Waals surface area contributed by atoms with Crippen LogP contribution >= 0.6 is 0 Å². The number of aromatic nitrogens is 2. The van der Waals surface area contributed by atoms with E-state index in [-0.39, 0.29) is 23.9 Å². The minimum Gasteiger partial charge on any atom is -0.349 e. The number of carbonyl (C=O) groups excluding carboxylic acids is 2. The quantitative estimate of drug-likeness (QED) is 0.529. The second-order valence-electron chi connectivity index (χ2n) is 8.11. The van der Waals surface area contributed by atoms with E-state index in [0.29, 0.717) is 5.69 Å². The summed E-state index contributed by atoms with van der Waals surface area (Å²) >= 11 is 0. The fourth-order valence-electron chi connectivity index (χ4n) is 3.88. The van der Waals surface area contributed by atoms with Crippen molar-refractivity contribution < 1.29 is 9.59 Å². The highest BCUT2D eigenvalue weighted by molar-refractivity contribution is 5.99. The Morgan fingerprint density at radius 3 is 2.12 bits per heavy atom. The third kappa shape index (κ3) is 6.06. The highest BCUT2D eigenvalue weighted by atomic mass is 16.2. The van der Waals surface area contributed by atoms with E-state index in [0.717, 1.165) is 43.1 Å². The summed E-state index contributed by atoms with van der Waals surface area (Å²) in [6.45, 7) is 3.50. The molecule has 1 aromatic heterocycles. The van der Waals surface area contributed by atoms with Crippen molar-refractivity contribution >= 4 is 29.3 Å². The summed E-state index contributed by atoms with van der Waals surface area (Å²) < 4.78 is 0. The number of anilines is 3.